The second-order valence-corrected chi connectivity index (χ2v) is 8.23. The van der Waals surface area contributed by atoms with Gasteiger partial charge < -0.3 is 9.80 Å². The van der Waals surface area contributed by atoms with Crippen LogP contribution in [0.15, 0.2) is 35.4 Å². The smallest absolute Gasteiger partial charge is 0.368 e. The van der Waals surface area contributed by atoms with Crippen molar-refractivity contribution in [2.75, 3.05) is 36.0 Å². The molecule has 1 N–H and O–H groups in total. The third-order valence-electron chi connectivity index (χ3n) is 5.03. The first-order valence-corrected chi connectivity index (χ1v) is 10.5. The fraction of sp³-hybridized carbons (Fsp3) is 0.300. The molecular formula is C20H16F5N5O2S. The molecular weight excluding hydrogens is 469 g/mol. The Morgan fingerprint density at radius 3 is 2.36 bits per heavy atom. The number of thioether (sulfide) groups is 1. The predicted octanol–water partition coefficient (Wildman–Crippen LogP) is 4.08. The van der Waals surface area contributed by atoms with Gasteiger partial charge in [-0.05, 0) is 42.1 Å². The molecule has 0 radical (unpaired) electrons. The number of carbonyl (C=O) groups excluding carboxylic acids is 2. The summed E-state index contributed by atoms with van der Waals surface area (Å²) in [7, 11) is 0. The summed E-state index contributed by atoms with van der Waals surface area (Å²) >= 11 is 0.761. The van der Waals surface area contributed by atoms with Gasteiger partial charge in [0, 0.05) is 43.6 Å². The van der Waals surface area contributed by atoms with Gasteiger partial charge in [0.15, 0.2) is 0 Å². The van der Waals surface area contributed by atoms with Crippen LogP contribution < -0.4 is 15.1 Å². The number of carbonyl (C=O) groups is 2. The molecule has 0 aliphatic carbocycles. The number of nitrogens with zero attached hydrogens (tertiary/aromatic N) is 4. The number of nitrogens with one attached hydrogen (secondary N) is 1. The van der Waals surface area contributed by atoms with Crippen LogP contribution in [0, 0.1) is 0 Å². The number of aromatic nitrogens is 2. The van der Waals surface area contributed by atoms with Crippen LogP contribution in [-0.2, 0) is 11.0 Å². The summed E-state index contributed by atoms with van der Waals surface area (Å²) in [6, 6.07) is 3.98. The first-order chi connectivity index (χ1) is 15.6. The maximum Gasteiger partial charge on any atom is 0.416 e. The number of amides is 2. The summed E-state index contributed by atoms with van der Waals surface area (Å²) in [5, 5.41) is 1.68. The molecule has 174 valence electrons. The summed E-state index contributed by atoms with van der Waals surface area (Å²) in [6.45, 7) is 1.22. The first-order valence-electron chi connectivity index (χ1n) is 9.68. The highest BCUT2D eigenvalue weighted by atomic mass is 32.2. The monoisotopic (exact) mass is 485 g/mol. The van der Waals surface area contributed by atoms with Crippen molar-refractivity contribution in [3.63, 3.8) is 0 Å². The van der Waals surface area contributed by atoms with Gasteiger partial charge >= 0.3 is 6.18 Å². The lowest BCUT2D eigenvalue weighted by Gasteiger charge is -2.36. The van der Waals surface area contributed by atoms with Crippen LogP contribution in [0.3, 0.4) is 0 Å². The van der Waals surface area contributed by atoms with Crippen molar-refractivity contribution in [3.8, 4) is 0 Å². The Hall–Kier alpha value is -3.22. The van der Waals surface area contributed by atoms with E-state index in [1.165, 1.54) is 12.3 Å². The van der Waals surface area contributed by atoms with E-state index in [9.17, 15) is 31.5 Å². The van der Waals surface area contributed by atoms with Gasteiger partial charge in [0.2, 0.25) is 5.95 Å². The summed E-state index contributed by atoms with van der Waals surface area (Å²) in [4.78, 5) is 35.2. The molecule has 2 fully saturated rings. The van der Waals surface area contributed by atoms with Gasteiger partial charge in [-0.1, -0.05) is 0 Å². The van der Waals surface area contributed by atoms with Crippen LogP contribution in [0.25, 0.3) is 6.08 Å². The molecule has 7 nitrogen and oxygen atoms in total. The topological polar surface area (TPSA) is 78.4 Å². The molecule has 0 spiro atoms. The molecule has 1 aromatic carbocycles. The van der Waals surface area contributed by atoms with Crippen molar-refractivity contribution in [1.29, 1.82) is 0 Å². The van der Waals surface area contributed by atoms with Crippen LogP contribution >= 0.6 is 11.8 Å². The third kappa shape index (κ3) is 5.24. The fourth-order valence-electron chi connectivity index (χ4n) is 3.42. The van der Waals surface area contributed by atoms with Crippen LogP contribution in [-0.4, -0.2) is 47.3 Å². The van der Waals surface area contributed by atoms with Crippen LogP contribution in [0.1, 0.15) is 23.2 Å². The van der Waals surface area contributed by atoms with E-state index in [1.54, 1.807) is 15.9 Å². The molecule has 0 saturated carbocycles. The SMILES string of the molecule is O=C1NC(=O)C(=Cc2ccnc(N3CCN(c4cc(C(F)F)cc(C(F)(F)F)c4)CC3)n2)S1. The maximum atomic E-state index is 13.2. The van der Waals surface area contributed by atoms with E-state index in [1.807, 2.05) is 0 Å². The minimum absolute atomic E-state index is 0.0770. The van der Waals surface area contributed by atoms with Crippen LogP contribution in [0.5, 0.6) is 0 Å². The van der Waals surface area contributed by atoms with Crippen molar-refractivity contribution in [1.82, 2.24) is 15.3 Å². The van der Waals surface area contributed by atoms with Gasteiger partial charge in [-0.15, -0.1) is 0 Å². The van der Waals surface area contributed by atoms with Crippen LogP contribution in [0.4, 0.5) is 38.4 Å². The average molecular weight is 485 g/mol. The van der Waals surface area contributed by atoms with E-state index in [2.05, 4.69) is 15.3 Å². The lowest BCUT2D eigenvalue weighted by atomic mass is 10.1. The van der Waals surface area contributed by atoms with E-state index in [-0.39, 0.29) is 23.7 Å². The largest absolute Gasteiger partial charge is 0.416 e. The Bertz CT molecular complexity index is 1120. The van der Waals surface area contributed by atoms with Crippen molar-refractivity contribution in [3.05, 3.63) is 52.2 Å². The normalized spacial score (nSPS) is 18.4. The van der Waals surface area contributed by atoms with E-state index in [4.69, 9.17) is 0 Å². The highest BCUT2D eigenvalue weighted by Crippen LogP contribution is 2.36. The van der Waals surface area contributed by atoms with E-state index in [0.29, 0.717) is 30.8 Å². The summed E-state index contributed by atoms with van der Waals surface area (Å²) in [6.07, 6.45) is -4.81. The Morgan fingerprint density at radius 1 is 1.06 bits per heavy atom. The number of benzene rings is 1. The number of alkyl halides is 5. The van der Waals surface area contributed by atoms with E-state index in [0.717, 1.165) is 23.9 Å². The number of imide groups is 1. The Balaban J connectivity index is 1.49. The molecule has 0 bridgehead atoms. The first kappa shape index (κ1) is 23.0. The summed E-state index contributed by atoms with van der Waals surface area (Å²) in [5.74, 6) is -0.168. The average Bonchev–Trinajstić information content (AvgIpc) is 3.09. The number of hydrogen-bond donors (Lipinski definition) is 1. The van der Waals surface area contributed by atoms with E-state index < -0.39 is 34.9 Å². The zero-order valence-electron chi connectivity index (χ0n) is 16.8. The van der Waals surface area contributed by atoms with Gasteiger partial charge in [-0.2, -0.15) is 13.2 Å². The van der Waals surface area contributed by atoms with Gasteiger partial charge in [0.05, 0.1) is 16.2 Å². The minimum atomic E-state index is -4.73. The van der Waals surface area contributed by atoms with Crippen molar-refractivity contribution in [2.24, 2.45) is 0 Å². The number of anilines is 2. The van der Waals surface area contributed by atoms with Gasteiger partial charge in [-0.25, -0.2) is 18.7 Å². The van der Waals surface area contributed by atoms with Crippen LogP contribution in [0.2, 0.25) is 0 Å². The predicted molar refractivity (Wildman–Crippen MR) is 112 cm³/mol. The lowest BCUT2D eigenvalue weighted by molar-refractivity contribution is -0.137. The highest BCUT2D eigenvalue weighted by molar-refractivity contribution is 8.18. The lowest BCUT2D eigenvalue weighted by Crippen LogP contribution is -2.47. The molecule has 33 heavy (non-hydrogen) atoms. The quantitative estimate of drug-likeness (QED) is 0.517. The molecule has 3 heterocycles. The van der Waals surface area contributed by atoms with Crippen molar-refractivity contribution in [2.45, 2.75) is 12.6 Å². The highest BCUT2D eigenvalue weighted by Gasteiger charge is 2.33. The Morgan fingerprint density at radius 2 is 1.76 bits per heavy atom. The molecule has 2 aliphatic rings. The molecule has 2 aliphatic heterocycles. The fourth-order valence-corrected chi connectivity index (χ4v) is 4.09. The van der Waals surface area contributed by atoms with Crippen molar-refractivity contribution < 1.29 is 31.5 Å². The molecule has 1 aromatic heterocycles. The van der Waals surface area contributed by atoms with Gasteiger partial charge in [0.25, 0.3) is 17.6 Å². The zero-order valence-corrected chi connectivity index (χ0v) is 17.6. The number of piperazine rings is 1. The molecule has 2 aromatic rings. The third-order valence-corrected chi connectivity index (χ3v) is 5.84. The second-order valence-electron chi connectivity index (χ2n) is 7.22. The standard InChI is InChI=1S/C20H16F5N5O2S/c21-16(22)11-7-12(20(23,24)25)9-14(8-11)29-3-5-30(6-4-29)18-26-2-1-13(27-18)10-15-17(31)28-19(32)33-15/h1-2,7-10,16H,3-6H2,(H,28,31,32). The molecule has 0 unspecified atom stereocenters. The molecule has 13 heteroatoms. The van der Waals surface area contributed by atoms with E-state index >= 15 is 0 Å². The van der Waals surface area contributed by atoms with Gasteiger partial charge in [-0.3, -0.25) is 14.9 Å². The summed E-state index contributed by atoms with van der Waals surface area (Å²) in [5.41, 5.74) is -1.31. The zero-order chi connectivity index (χ0) is 23.8. The number of halogens is 5. The Kier molecular flexibility index (Phi) is 6.23. The number of rotatable bonds is 4. The maximum absolute atomic E-state index is 13.2. The molecule has 4 rings (SSSR count). The minimum Gasteiger partial charge on any atom is -0.368 e. The molecule has 2 amide bonds. The molecule has 2 saturated heterocycles. The number of hydrogen-bond acceptors (Lipinski definition) is 7. The molecule has 0 atom stereocenters. The Labute approximate surface area is 188 Å². The summed E-state index contributed by atoms with van der Waals surface area (Å²) < 4.78 is 65.7. The second kappa shape index (κ2) is 8.96. The van der Waals surface area contributed by atoms with Gasteiger partial charge in [0.1, 0.15) is 0 Å². The van der Waals surface area contributed by atoms with Crippen molar-refractivity contribution >= 4 is 40.6 Å².